The second-order valence-corrected chi connectivity index (χ2v) is 5.77. The highest BCUT2D eigenvalue weighted by Crippen LogP contribution is 2.14. The van der Waals surface area contributed by atoms with E-state index in [1.54, 1.807) is 6.20 Å². The summed E-state index contributed by atoms with van der Waals surface area (Å²) in [5.74, 6) is 0.327. The normalized spacial score (nSPS) is 10.4. The summed E-state index contributed by atoms with van der Waals surface area (Å²) in [6.07, 6.45) is 2.99. The van der Waals surface area contributed by atoms with Gasteiger partial charge in [0.25, 0.3) is 5.56 Å². The van der Waals surface area contributed by atoms with Gasteiger partial charge in [0.05, 0.1) is 5.69 Å². The fraction of sp³-hybridized carbons (Fsp3) is 0.158. The Morgan fingerprint density at radius 3 is 2.81 bits per heavy atom. The molecule has 0 unspecified atom stereocenters. The summed E-state index contributed by atoms with van der Waals surface area (Å²) in [4.78, 5) is 40.9. The Kier molecular flexibility index (Phi) is 5.78. The Balaban J connectivity index is 1.54. The van der Waals surface area contributed by atoms with Crippen molar-refractivity contribution in [3.63, 3.8) is 0 Å². The van der Waals surface area contributed by atoms with Gasteiger partial charge < -0.3 is 10.1 Å². The summed E-state index contributed by atoms with van der Waals surface area (Å²) in [6, 6.07) is 14.2. The predicted molar refractivity (Wildman–Crippen MR) is 98.2 cm³/mol. The van der Waals surface area contributed by atoms with Crippen molar-refractivity contribution in [1.82, 2.24) is 19.9 Å². The zero-order valence-corrected chi connectivity index (χ0v) is 14.4. The summed E-state index contributed by atoms with van der Waals surface area (Å²) in [6.45, 7) is 0.467. The lowest BCUT2D eigenvalue weighted by molar-refractivity contribution is -0.121. The minimum atomic E-state index is -0.623. The highest BCUT2D eigenvalue weighted by atomic mass is 16.5. The van der Waals surface area contributed by atoms with Gasteiger partial charge in [0.15, 0.2) is 0 Å². The first-order chi connectivity index (χ1) is 13.1. The van der Waals surface area contributed by atoms with Crippen LogP contribution in [-0.2, 0) is 24.5 Å². The third kappa shape index (κ3) is 5.40. The maximum Gasteiger partial charge on any atom is 0.328 e. The van der Waals surface area contributed by atoms with Crippen LogP contribution in [0, 0.1) is 0 Å². The molecule has 8 nitrogen and oxygen atoms in total. The molecule has 0 fully saturated rings. The number of carbonyl (C=O) groups excluding carboxylic acids is 1. The molecule has 0 saturated carbocycles. The Hall–Kier alpha value is -3.68. The minimum Gasteiger partial charge on any atom is -0.487 e. The molecule has 2 aromatic heterocycles. The van der Waals surface area contributed by atoms with Gasteiger partial charge in [-0.15, -0.1) is 0 Å². The molecule has 138 valence electrons. The molecule has 1 aromatic carbocycles. The SMILES string of the molecule is O=C(Cn1ccc(=O)[nH]c1=O)NCc1cccc(OCc2ccccn2)c1. The number of rotatable bonds is 7. The Bertz CT molecular complexity index is 1030. The standard InChI is InChI=1S/C19H18N4O4/c24-17-7-9-23(19(26)22-17)12-18(25)21-11-14-4-3-6-16(10-14)27-13-15-5-1-2-8-20-15/h1-10H,11-13H2,(H,21,25)(H,22,24,26). The predicted octanol–water partition coefficient (Wildman–Crippen LogP) is 0.827. The monoisotopic (exact) mass is 366 g/mol. The van der Waals surface area contributed by atoms with Crippen LogP contribution in [0.3, 0.4) is 0 Å². The van der Waals surface area contributed by atoms with Gasteiger partial charge >= 0.3 is 5.69 Å². The van der Waals surface area contributed by atoms with E-state index < -0.39 is 11.2 Å². The molecule has 0 spiro atoms. The average Bonchev–Trinajstić information content (AvgIpc) is 2.68. The van der Waals surface area contributed by atoms with Crippen molar-refractivity contribution >= 4 is 5.91 Å². The number of hydrogen-bond donors (Lipinski definition) is 2. The Morgan fingerprint density at radius 2 is 2.04 bits per heavy atom. The molecule has 0 bridgehead atoms. The number of aromatic amines is 1. The van der Waals surface area contributed by atoms with Crippen LogP contribution < -0.4 is 21.3 Å². The van der Waals surface area contributed by atoms with Crippen LogP contribution in [0.4, 0.5) is 0 Å². The molecule has 0 radical (unpaired) electrons. The summed E-state index contributed by atoms with van der Waals surface area (Å²) in [7, 11) is 0. The van der Waals surface area contributed by atoms with Gasteiger partial charge in [0.1, 0.15) is 18.9 Å². The van der Waals surface area contributed by atoms with E-state index in [0.29, 0.717) is 12.4 Å². The maximum absolute atomic E-state index is 12.0. The number of pyridine rings is 1. The van der Waals surface area contributed by atoms with E-state index in [4.69, 9.17) is 4.74 Å². The number of carbonyl (C=O) groups is 1. The van der Waals surface area contributed by atoms with E-state index in [2.05, 4.69) is 15.3 Å². The molecule has 0 aliphatic heterocycles. The smallest absolute Gasteiger partial charge is 0.328 e. The van der Waals surface area contributed by atoms with Crippen LogP contribution in [0.15, 0.2) is 70.5 Å². The van der Waals surface area contributed by atoms with Gasteiger partial charge in [-0.25, -0.2) is 4.79 Å². The Morgan fingerprint density at radius 1 is 1.15 bits per heavy atom. The van der Waals surface area contributed by atoms with Crippen molar-refractivity contribution in [1.29, 1.82) is 0 Å². The number of hydrogen-bond acceptors (Lipinski definition) is 5. The molecule has 2 N–H and O–H groups in total. The number of ether oxygens (including phenoxy) is 1. The van der Waals surface area contributed by atoms with E-state index in [0.717, 1.165) is 15.8 Å². The second kappa shape index (κ2) is 8.61. The molecule has 2 heterocycles. The van der Waals surface area contributed by atoms with Crippen molar-refractivity contribution in [2.24, 2.45) is 0 Å². The second-order valence-electron chi connectivity index (χ2n) is 5.77. The largest absolute Gasteiger partial charge is 0.487 e. The molecule has 27 heavy (non-hydrogen) atoms. The molecule has 0 atom stereocenters. The number of aromatic nitrogens is 3. The molecule has 1 amide bonds. The lowest BCUT2D eigenvalue weighted by atomic mass is 10.2. The lowest BCUT2D eigenvalue weighted by Crippen LogP contribution is -2.35. The van der Waals surface area contributed by atoms with Gasteiger partial charge in [0.2, 0.25) is 5.91 Å². The number of nitrogens with one attached hydrogen (secondary N) is 2. The third-order valence-corrected chi connectivity index (χ3v) is 3.71. The summed E-state index contributed by atoms with van der Waals surface area (Å²) >= 11 is 0. The fourth-order valence-corrected chi connectivity index (χ4v) is 2.37. The Labute approximate surface area is 154 Å². The van der Waals surface area contributed by atoms with E-state index in [9.17, 15) is 14.4 Å². The van der Waals surface area contributed by atoms with Crippen molar-refractivity contribution in [3.8, 4) is 5.75 Å². The number of amides is 1. The molecule has 3 aromatic rings. The van der Waals surface area contributed by atoms with Crippen molar-refractivity contribution in [2.75, 3.05) is 0 Å². The first kappa shape index (κ1) is 18.1. The molecule has 3 rings (SSSR count). The van der Waals surface area contributed by atoms with Gasteiger partial charge in [-0.3, -0.25) is 24.1 Å². The highest BCUT2D eigenvalue weighted by Gasteiger charge is 2.05. The minimum absolute atomic E-state index is 0.175. The van der Waals surface area contributed by atoms with Crippen molar-refractivity contribution in [2.45, 2.75) is 19.7 Å². The van der Waals surface area contributed by atoms with E-state index in [1.807, 2.05) is 42.5 Å². The summed E-state index contributed by atoms with van der Waals surface area (Å²) < 4.78 is 6.84. The van der Waals surface area contributed by atoms with Crippen molar-refractivity contribution < 1.29 is 9.53 Å². The van der Waals surface area contributed by atoms with Crippen LogP contribution >= 0.6 is 0 Å². The van der Waals surface area contributed by atoms with E-state index in [1.165, 1.54) is 12.3 Å². The zero-order valence-electron chi connectivity index (χ0n) is 14.4. The van der Waals surface area contributed by atoms with Gasteiger partial charge in [-0.05, 0) is 29.8 Å². The summed E-state index contributed by atoms with van der Waals surface area (Å²) in [5.41, 5.74) is 0.556. The topological polar surface area (TPSA) is 106 Å². The lowest BCUT2D eigenvalue weighted by Gasteiger charge is -2.09. The van der Waals surface area contributed by atoms with Gasteiger partial charge in [-0.1, -0.05) is 18.2 Å². The molecular weight excluding hydrogens is 348 g/mol. The highest BCUT2D eigenvalue weighted by molar-refractivity contribution is 5.75. The first-order valence-corrected chi connectivity index (χ1v) is 8.28. The van der Waals surface area contributed by atoms with Gasteiger partial charge in [0, 0.05) is 25.0 Å². The first-order valence-electron chi connectivity index (χ1n) is 8.28. The number of H-pyrrole nitrogens is 1. The van der Waals surface area contributed by atoms with Gasteiger partial charge in [-0.2, -0.15) is 0 Å². The average molecular weight is 366 g/mol. The van der Waals surface area contributed by atoms with Crippen LogP contribution in [0.2, 0.25) is 0 Å². The van der Waals surface area contributed by atoms with Crippen molar-refractivity contribution in [3.05, 3.63) is 93.0 Å². The van der Waals surface area contributed by atoms with E-state index >= 15 is 0 Å². The molecule has 8 heteroatoms. The number of nitrogens with zero attached hydrogens (tertiary/aromatic N) is 2. The molecule has 0 saturated heterocycles. The van der Waals surface area contributed by atoms with Crippen LogP contribution in [0.25, 0.3) is 0 Å². The molecule has 0 aliphatic rings. The van der Waals surface area contributed by atoms with E-state index in [-0.39, 0.29) is 19.0 Å². The van der Waals surface area contributed by atoms with Crippen LogP contribution in [0.1, 0.15) is 11.3 Å². The third-order valence-electron chi connectivity index (χ3n) is 3.71. The maximum atomic E-state index is 12.0. The number of benzene rings is 1. The summed E-state index contributed by atoms with van der Waals surface area (Å²) in [5, 5.41) is 2.73. The van der Waals surface area contributed by atoms with Crippen LogP contribution in [-0.4, -0.2) is 20.4 Å². The van der Waals surface area contributed by atoms with Crippen LogP contribution in [0.5, 0.6) is 5.75 Å². The zero-order chi connectivity index (χ0) is 19.1. The molecule has 0 aliphatic carbocycles. The fourth-order valence-electron chi connectivity index (χ4n) is 2.37. The molecular formula is C19H18N4O4. The quantitative estimate of drug-likeness (QED) is 0.644.